The first-order valence-electron chi connectivity index (χ1n) is 5.99. The Hall–Kier alpha value is -1.89. The second-order valence-corrected chi connectivity index (χ2v) is 4.58. The molecule has 2 aromatic rings. The maximum Gasteiger partial charge on any atom is 0.138 e. The topological polar surface area (TPSA) is 17.1 Å². The first-order chi connectivity index (χ1) is 8.34. The van der Waals surface area contributed by atoms with Crippen LogP contribution in [-0.2, 0) is 11.2 Å². The van der Waals surface area contributed by atoms with Crippen LogP contribution in [0, 0.1) is 0 Å². The number of ketones is 1. The van der Waals surface area contributed by atoms with Crippen molar-refractivity contribution in [1.82, 2.24) is 0 Å². The molecule has 2 aromatic carbocycles. The van der Waals surface area contributed by atoms with Crippen LogP contribution >= 0.6 is 0 Å². The summed E-state index contributed by atoms with van der Waals surface area (Å²) in [6.07, 6.45) is 1.24. The molecule has 0 aliphatic heterocycles. The monoisotopic (exact) mass is 222 g/mol. The van der Waals surface area contributed by atoms with Gasteiger partial charge in [-0.05, 0) is 16.7 Å². The van der Waals surface area contributed by atoms with Crippen molar-refractivity contribution in [2.45, 2.75) is 18.8 Å². The number of hydrogen-bond acceptors (Lipinski definition) is 1. The van der Waals surface area contributed by atoms with E-state index in [1.54, 1.807) is 0 Å². The van der Waals surface area contributed by atoms with Crippen LogP contribution in [0.15, 0.2) is 54.6 Å². The minimum absolute atomic E-state index is 0.244. The molecule has 0 heterocycles. The molecule has 1 nitrogen and oxygen atoms in total. The van der Waals surface area contributed by atoms with Crippen molar-refractivity contribution in [1.29, 1.82) is 0 Å². The van der Waals surface area contributed by atoms with E-state index in [0.29, 0.717) is 18.6 Å². The van der Waals surface area contributed by atoms with E-state index >= 15 is 0 Å². The second kappa shape index (κ2) is 4.17. The van der Waals surface area contributed by atoms with Crippen LogP contribution in [0.1, 0.15) is 29.0 Å². The summed E-state index contributed by atoms with van der Waals surface area (Å²) in [7, 11) is 0. The summed E-state index contributed by atoms with van der Waals surface area (Å²) in [6.45, 7) is 0. The lowest BCUT2D eigenvalue weighted by molar-refractivity contribution is -0.119. The summed E-state index contributed by atoms with van der Waals surface area (Å²) >= 11 is 0. The molecule has 84 valence electrons. The van der Waals surface area contributed by atoms with Crippen LogP contribution in [0.5, 0.6) is 0 Å². The number of hydrogen-bond donors (Lipinski definition) is 0. The Bertz CT molecular complexity index is 542. The molecular formula is C16H14O. The van der Waals surface area contributed by atoms with Crippen LogP contribution in [0.2, 0.25) is 0 Å². The smallest absolute Gasteiger partial charge is 0.138 e. The SMILES string of the molecule is O=C1Cc2ccccc2C(c2ccccc2)C1. The summed E-state index contributed by atoms with van der Waals surface area (Å²) in [5.41, 5.74) is 3.75. The standard InChI is InChI=1S/C16H14O/c17-14-10-13-8-4-5-9-15(13)16(11-14)12-6-2-1-3-7-12/h1-9,16H,10-11H2. The molecule has 0 N–H and O–H groups in total. The highest BCUT2D eigenvalue weighted by atomic mass is 16.1. The normalized spacial score (nSPS) is 18.8. The van der Waals surface area contributed by atoms with E-state index in [2.05, 4.69) is 30.3 Å². The summed E-state index contributed by atoms with van der Waals surface area (Å²) in [6, 6.07) is 18.6. The maximum atomic E-state index is 11.8. The van der Waals surface area contributed by atoms with E-state index in [1.165, 1.54) is 16.7 Å². The van der Waals surface area contributed by atoms with Gasteiger partial charge in [-0.2, -0.15) is 0 Å². The lowest BCUT2D eigenvalue weighted by Gasteiger charge is -2.25. The molecule has 1 unspecified atom stereocenters. The van der Waals surface area contributed by atoms with Gasteiger partial charge in [0, 0.05) is 18.8 Å². The van der Waals surface area contributed by atoms with Gasteiger partial charge in [0.1, 0.15) is 5.78 Å². The molecule has 0 aromatic heterocycles. The molecule has 0 radical (unpaired) electrons. The van der Waals surface area contributed by atoms with Gasteiger partial charge in [0.2, 0.25) is 0 Å². The second-order valence-electron chi connectivity index (χ2n) is 4.58. The van der Waals surface area contributed by atoms with Crippen molar-refractivity contribution < 1.29 is 4.79 Å². The Balaban J connectivity index is 2.10. The van der Waals surface area contributed by atoms with Crippen LogP contribution in [0.25, 0.3) is 0 Å². The fraction of sp³-hybridized carbons (Fsp3) is 0.188. The average molecular weight is 222 g/mol. The molecule has 1 aliphatic rings. The third kappa shape index (κ3) is 1.89. The fourth-order valence-electron chi connectivity index (χ4n) is 2.64. The molecule has 0 amide bonds. The van der Waals surface area contributed by atoms with Crippen LogP contribution < -0.4 is 0 Å². The molecule has 0 saturated carbocycles. The van der Waals surface area contributed by atoms with E-state index in [1.807, 2.05) is 24.3 Å². The van der Waals surface area contributed by atoms with Crippen molar-refractivity contribution in [3.05, 3.63) is 71.3 Å². The van der Waals surface area contributed by atoms with Gasteiger partial charge in [0.05, 0.1) is 0 Å². The molecule has 0 saturated heterocycles. The maximum absolute atomic E-state index is 11.8. The first kappa shape index (κ1) is 10.3. The molecule has 1 aliphatic carbocycles. The Morgan fingerprint density at radius 3 is 2.41 bits per heavy atom. The van der Waals surface area contributed by atoms with E-state index in [0.717, 1.165) is 0 Å². The zero-order chi connectivity index (χ0) is 11.7. The number of fused-ring (bicyclic) bond motifs is 1. The van der Waals surface area contributed by atoms with E-state index in [-0.39, 0.29) is 5.92 Å². The largest absolute Gasteiger partial charge is 0.299 e. The summed E-state index contributed by atoms with van der Waals surface area (Å²) in [4.78, 5) is 11.8. The number of carbonyl (C=O) groups is 1. The quantitative estimate of drug-likeness (QED) is 0.723. The molecular weight excluding hydrogens is 208 g/mol. The molecule has 0 fully saturated rings. The molecule has 3 rings (SSSR count). The molecule has 0 bridgehead atoms. The average Bonchev–Trinajstić information content (AvgIpc) is 2.39. The predicted octanol–water partition coefficient (Wildman–Crippen LogP) is 3.33. The van der Waals surface area contributed by atoms with Crippen molar-refractivity contribution in [2.24, 2.45) is 0 Å². The molecule has 1 atom stereocenters. The van der Waals surface area contributed by atoms with E-state index in [4.69, 9.17) is 0 Å². The summed E-state index contributed by atoms with van der Waals surface area (Å²) in [5.74, 6) is 0.589. The van der Waals surface area contributed by atoms with Gasteiger partial charge in [-0.15, -0.1) is 0 Å². The van der Waals surface area contributed by atoms with Gasteiger partial charge in [0.25, 0.3) is 0 Å². The van der Waals surface area contributed by atoms with Gasteiger partial charge in [-0.3, -0.25) is 4.79 Å². The summed E-state index contributed by atoms with van der Waals surface area (Å²) in [5, 5.41) is 0. The fourth-order valence-corrected chi connectivity index (χ4v) is 2.64. The summed E-state index contributed by atoms with van der Waals surface area (Å²) < 4.78 is 0. The highest BCUT2D eigenvalue weighted by Gasteiger charge is 2.25. The van der Waals surface area contributed by atoms with E-state index < -0.39 is 0 Å². The Labute approximate surface area is 101 Å². The van der Waals surface area contributed by atoms with Crippen LogP contribution in [0.3, 0.4) is 0 Å². The van der Waals surface area contributed by atoms with Crippen molar-refractivity contribution in [3.8, 4) is 0 Å². The third-order valence-electron chi connectivity index (χ3n) is 3.45. The number of benzene rings is 2. The van der Waals surface area contributed by atoms with Crippen molar-refractivity contribution >= 4 is 5.78 Å². The third-order valence-corrected chi connectivity index (χ3v) is 3.45. The highest BCUT2D eigenvalue weighted by Crippen LogP contribution is 2.34. The number of rotatable bonds is 1. The lowest BCUT2D eigenvalue weighted by atomic mass is 9.78. The van der Waals surface area contributed by atoms with Gasteiger partial charge in [-0.25, -0.2) is 0 Å². The van der Waals surface area contributed by atoms with Crippen LogP contribution in [0.4, 0.5) is 0 Å². The van der Waals surface area contributed by atoms with Gasteiger partial charge in [-0.1, -0.05) is 54.6 Å². The molecule has 1 heteroatoms. The number of Topliss-reactive ketones (excluding diaryl/α,β-unsaturated/α-hetero) is 1. The van der Waals surface area contributed by atoms with Crippen molar-refractivity contribution in [2.75, 3.05) is 0 Å². The zero-order valence-electron chi connectivity index (χ0n) is 9.60. The lowest BCUT2D eigenvalue weighted by Crippen LogP contribution is -2.18. The predicted molar refractivity (Wildman–Crippen MR) is 68.1 cm³/mol. The van der Waals surface area contributed by atoms with E-state index in [9.17, 15) is 4.79 Å². The van der Waals surface area contributed by atoms with Crippen LogP contribution in [-0.4, -0.2) is 5.78 Å². The Kier molecular flexibility index (Phi) is 2.52. The molecule has 0 spiro atoms. The van der Waals surface area contributed by atoms with Crippen molar-refractivity contribution in [3.63, 3.8) is 0 Å². The minimum atomic E-state index is 0.244. The molecule has 17 heavy (non-hydrogen) atoms. The van der Waals surface area contributed by atoms with Gasteiger partial charge in [0.15, 0.2) is 0 Å². The van der Waals surface area contributed by atoms with Gasteiger partial charge < -0.3 is 0 Å². The first-order valence-corrected chi connectivity index (χ1v) is 5.99. The number of carbonyl (C=O) groups excluding carboxylic acids is 1. The Morgan fingerprint density at radius 2 is 1.59 bits per heavy atom. The van der Waals surface area contributed by atoms with Gasteiger partial charge >= 0.3 is 0 Å². The Morgan fingerprint density at radius 1 is 0.882 bits per heavy atom. The zero-order valence-corrected chi connectivity index (χ0v) is 9.60. The highest BCUT2D eigenvalue weighted by molar-refractivity contribution is 5.84. The minimum Gasteiger partial charge on any atom is -0.299 e.